The van der Waals surface area contributed by atoms with E-state index in [1.165, 1.54) is 79.7 Å². The molecule has 6 heterocycles. The first-order valence-corrected chi connectivity index (χ1v) is 30.1. The second-order valence-electron chi connectivity index (χ2n) is 23.3. The van der Waals surface area contributed by atoms with Crippen molar-refractivity contribution in [2.24, 2.45) is 0 Å². The number of benzene rings is 4. The largest absolute Gasteiger partial charge is 0.508 e. The average molecular weight is 1370 g/mol. The molecule has 0 radical (unpaired) electrons. The third kappa shape index (κ3) is 16.3. The highest BCUT2D eigenvalue weighted by atomic mass is 16.8. The van der Waals surface area contributed by atoms with E-state index in [1.54, 1.807) is 0 Å². The van der Waals surface area contributed by atoms with Crippen LogP contribution in [0.5, 0.6) is 34.5 Å². The number of ether oxygens (including phenoxy) is 12. The van der Waals surface area contributed by atoms with E-state index >= 15 is 4.79 Å². The summed E-state index contributed by atoms with van der Waals surface area (Å²) < 4.78 is 76.1. The molecule has 0 saturated carbocycles. The van der Waals surface area contributed by atoms with E-state index in [0.29, 0.717) is 11.1 Å². The van der Waals surface area contributed by atoms with Gasteiger partial charge in [0.1, 0.15) is 163 Å². The smallest absolute Gasteiger partial charge is 0.330 e. The summed E-state index contributed by atoms with van der Waals surface area (Å²) in [4.78, 5) is 41.0. The van der Waals surface area contributed by atoms with Crippen molar-refractivity contribution in [3.63, 3.8) is 0 Å². The summed E-state index contributed by atoms with van der Waals surface area (Å²) in [6, 6.07) is 18.0. The Morgan fingerprint density at radius 3 is 1.40 bits per heavy atom. The molecule has 18 N–H and O–H groups in total. The molecule has 10 rings (SSSR count). The van der Waals surface area contributed by atoms with Crippen LogP contribution in [-0.4, -0.2) is 284 Å². The lowest BCUT2D eigenvalue weighted by Crippen LogP contribution is -2.67. The topological polar surface area (TPSA) is 539 Å². The van der Waals surface area contributed by atoms with Crippen LogP contribution in [0.1, 0.15) is 18.1 Å². The molecule has 4 aromatic carbocycles. The summed E-state index contributed by atoms with van der Waals surface area (Å²) in [5, 5.41) is 194. The SMILES string of the molecule is C[C@@H]1O[C@@H](Oc2c(-c3ccc(O)cc3)oc3cc(O[C@@H]4O[C@H](CO[C@@H]5O[C@H](CO)[C@@H](O)[C@H](O)[C@H]5O)[C@@H](O)[C@H](O)[C@H]4O)cc(O)c3c2=O)[C@H](O[C@@H]2O[C@H](COC(=O)C=Cc3ccc(O)cc3)[C@@H](O)[C@H](O)[C@H]2O)[C@H](O[C@@H]2O[C@H](COC(=O)C=Cc3ccc(O)cc3)[C@@H](O)[C@H](O)[C@H]2O)[C@H]1O. The molecule has 5 fully saturated rings. The molecule has 25 atom stereocenters. The summed E-state index contributed by atoms with van der Waals surface area (Å²) in [6.07, 6.45) is -44.1. The molecule has 5 aliphatic heterocycles. The summed E-state index contributed by atoms with van der Waals surface area (Å²) in [6.45, 7) is -1.95. The fourth-order valence-electron chi connectivity index (χ4n) is 11.0. The van der Waals surface area contributed by atoms with E-state index in [0.717, 1.165) is 36.4 Å². The maximum absolute atomic E-state index is 15.2. The third-order valence-electron chi connectivity index (χ3n) is 16.5. The van der Waals surface area contributed by atoms with Gasteiger partial charge in [-0.05, 0) is 78.7 Å². The zero-order valence-corrected chi connectivity index (χ0v) is 50.7. The predicted molar refractivity (Wildman–Crippen MR) is 319 cm³/mol. The number of hydrogen-bond acceptors (Lipinski definition) is 34. The van der Waals surface area contributed by atoms with Gasteiger partial charge in [0.25, 0.3) is 0 Å². The fourth-order valence-corrected chi connectivity index (χ4v) is 11.0. The summed E-state index contributed by atoms with van der Waals surface area (Å²) in [7, 11) is 0. The number of esters is 2. The minimum Gasteiger partial charge on any atom is -0.508 e. The van der Waals surface area contributed by atoms with Crippen molar-refractivity contribution in [1.29, 1.82) is 0 Å². The second-order valence-corrected chi connectivity index (χ2v) is 23.3. The lowest BCUT2D eigenvalue weighted by Gasteiger charge is -2.48. The first-order valence-electron chi connectivity index (χ1n) is 30.1. The van der Waals surface area contributed by atoms with Gasteiger partial charge in [-0.1, -0.05) is 24.3 Å². The Morgan fingerprint density at radius 1 is 0.464 bits per heavy atom. The van der Waals surface area contributed by atoms with Crippen LogP contribution < -0.4 is 14.9 Å². The minimum atomic E-state index is -2.26. The number of aliphatic hydroxyl groups is 14. The first-order chi connectivity index (χ1) is 46.2. The molecular weight excluding hydrogens is 1300 g/mol. The van der Waals surface area contributed by atoms with E-state index in [1.807, 2.05) is 0 Å². The fraction of sp³-hybridized carbons (Fsp3) is 0.476. The molecule has 34 heteroatoms. The zero-order chi connectivity index (χ0) is 69.8. The van der Waals surface area contributed by atoms with Gasteiger partial charge in [0.15, 0.2) is 30.7 Å². The Bertz CT molecular complexity index is 3590. The zero-order valence-electron chi connectivity index (χ0n) is 50.7. The number of aliphatic hydroxyl groups excluding tert-OH is 14. The molecule has 0 amide bonds. The lowest BCUT2D eigenvalue weighted by atomic mass is 9.96. The van der Waals surface area contributed by atoms with Gasteiger partial charge in [-0.25, -0.2) is 9.59 Å². The molecule has 5 saturated heterocycles. The maximum atomic E-state index is 15.2. The van der Waals surface area contributed by atoms with Crippen LogP contribution >= 0.6 is 0 Å². The highest BCUT2D eigenvalue weighted by molar-refractivity contribution is 5.89. The Morgan fingerprint density at radius 2 is 0.897 bits per heavy atom. The normalized spacial score (nSPS) is 35.6. The van der Waals surface area contributed by atoms with Gasteiger partial charge < -0.3 is 153 Å². The lowest BCUT2D eigenvalue weighted by molar-refractivity contribution is -0.382. The molecule has 97 heavy (non-hydrogen) atoms. The molecule has 1 aromatic heterocycles. The van der Waals surface area contributed by atoms with Gasteiger partial charge in [0, 0.05) is 29.8 Å². The Hall–Kier alpha value is -7.57. The van der Waals surface area contributed by atoms with Gasteiger partial charge in [0.2, 0.25) is 23.8 Å². The van der Waals surface area contributed by atoms with Crippen molar-refractivity contribution in [3.8, 4) is 45.8 Å². The minimum absolute atomic E-state index is 0.0438. The molecule has 0 spiro atoms. The standard InChI is InChI=1S/C63H72O34/c1-24-41(71)56(95-61-53(83)49(79)43(73)35(93-61)21-85-38(69)16-6-25-2-10-28(65)11-3-25)58(97-62-54(84)50(80)44(74)36(94-62)22-86-39(70)17-7-26-4-12-29(66)13-5-26)63(88-24)96-57-46(76)40-32(68)18-31(19-33(40)90-55(57)27-8-14-30(67)15-9-27)89-60-52(82)48(78)45(75)37(92-60)23-87-59-51(81)47(77)42(72)34(20-64)91-59/h2-19,24,34-37,41-45,47-54,56,58-68,71-75,77-84H,20-23H2,1H3/t24-,34+,35+,36+,37+,41-,42+,43+,44+,45+,47-,48-,49-,50-,51+,52+,53+,54+,56+,58+,59+,60+,61-,62-,63-/m0/s1. The number of fused-ring (bicyclic) bond motifs is 1. The number of carbonyl (C=O) groups is 2. The van der Waals surface area contributed by atoms with Gasteiger partial charge in [-0.15, -0.1) is 0 Å². The monoisotopic (exact) mass is 1370 g/mol. The van der Waals surface area contributed by atoms with Crippen LogP contribution in [0.2, 0.25) is 0 Å². The molecule has 528 valence electrons. The van der Waals surface area contributed by atoms with E-state index < -0.39 is 231 Å². The van der Waals surface area contributed by atoms with Crippen molar-refractivity contribution in [3.05, 3.63) is 118 Å². The van der Waals surface area contributed by atoms with Crippen molar-refractivity contribution < 1.29 is 163 Å². The molecule has 0 aliphatic carbocycles. The first kappa shape index (κ1) is 72.2. The Balaban J connectivity index is 0.963. The van der Waals surface area contributed by atoms with Crippen molar-refractivity contribution in [2.45, 2.75) is 160 Å². The van der Waals surface area contributed by atoms with Crippen molar-refractivity contribution in [2.75, 3.05) is 26.4 Å². The molecule has 0 bridgehead atoms. The molecule has 34 nitrogen and oxygen atoms in total. The van der Waals surface area contributed by atoms with Gasteiger partial charge in [-0.3, -0.25) is 4.79 Å². The number of hydrogen-bond donors (Lipinski definition) is 18. The van der Waals surface area contributed by atoms with Gasteiger partial charge >= 0.3 is 11.9 Å². The Kier molecular flexibility index (Phi) is 23.1. The van der Waals surface area contributed by atoms with Gasteiger partial charge in [0.05, 0.1) is 19.3 Å². The van der Waals surface area contributed by atoms with E-state index in [-0.39, 0.29) is 22.8 Å². The summed E-state index contributed by atoms with van der Waals surface area (Å²) in [5.41, 5.74) is -0.882. The van der Waals surface area contributed by atoms with Crippen LogP contribution in [0.15, 0.2) is 106 Å². The highest BCUT2D eigenvalue weighted by Gasteiger charge is 2.56. The van der Waals surface area contributed by atoms with Crippen LogP contribution in [0.4, 0.5) is 0 Å². The van der Waals surface area contributed by atoms with Crippen molar-refractivity contribution in [1.82, 2.24) is 0 Å². The number of aromatic hydroxyl groups is 4. The molecular formula is C63H72O34. The van der Waals surface area contributed by atoms with Crippen molar-refractivity contribution >= 4 is 35.1 Å². The predicted octanol–water partition coefficient (Wildman–Crippen LogP) is -4.33. The quantitative estimate of drug-likeness (QED) is 0.0244. The maximum Gasteiger partial charge on any atom is 0.330 e. The summed E-state index contributed by atoms with van der Waals surface area (Å²) in [5.74, 6) is -5.18. The second kappa shape index (κ2) is 31.1. The van der Waals surface area contributed by atoms with E-state index in [9.17, 15) is 102 Å². The van der Waals surface area contributed by atoms with Crippen LogP contribution in [0.3, 0.4) is 0 Å². The van der Waals surface area contributed by atoms with Crippen LogP contribution in [0, 0.1) is 0 Å². The number of phenols is 4. The summed E-state index contributed by atoms with van der Waals surface area (Å²) >= 11 is 0. The molecule has 5 aromatic rings. The highest BCUT2D eigenvalue weighted by Crippen LogP contribution is 2.41. The molecule has 0 unspecified atom stereocenters. The van der Waals surface area contributed by atoms with E-state index in [2.05, 4.69) is 0 Å². The third-order valence-corrected chi connectivity index (χ3v) is 16.5. The van der Waals surface area contributed by atoms with Crippen LogP contribution in [-0.2, 0) is 57.0 Å². The number of rotatable bonds is 21. The molecule has 5 aliphatic rings. The number of phenolic OH excluding ortho intramolecular Hbond substituents is 4. The average Bonchev–Trinajstić information content (AvgIpc) is 0.755. The van der Waals surface area contributed by atoms with Gasteiger partial charge in [-0.2, -0.15) is 0 Å². The van der Waals surface area contributed by atoms with E-state index in [4.69, 9.17) is 61.3 Å². The Labute approximate surface area is 547 Å². The number of carbonyl (C=O) groups excluding carboxylic acids is 2. The van der Waals surface area contributed by atoms with Crippen LogP contribution in [0.25, 0.3) is 34.4 Å².